The van der Waals surface area contributed by atoms with Crippen LogP contribution in [0.2, 0.25) is 0 Å². The number of amides is 2. The van der Waals surface area contributed by atoms with Crippen LogP contribution in [0.1, 0.15) is 35.6 Å². The first-order chi connectivity index (χ1) is 15.0. The summed E-state index contributed by atoms with van der Waals surface area (Å²) in [6.45, 7) is 4.85. The quantitative estimate of drug-likeness (QED) is 0.411. The molecule has 164 valence electrons. The van der Waals surface area contributed by atoms with Crippen LogP contribution in [-0.4, -0.2) is 34.2 Å². The molecular formula is C24H27FN2O2S2. The van der Waals surface area contributed by atoms with Gasteiger partial charge in [-0.1, -0.05) is 31.2 Å². The van der Waals surface area contributed by atoms with Crippen LogP contribution in [0.3, 0.4) is 0 Å². The number of carbonyl (C=O) groups is 2. The van der Waals surface area contributed by atoms with Crippen LogP contribution in [0.5, 0.6) is 0 Å². The van der Waals surface area contributed by atoms with Crippen LogP contribution in [0.25, 0.3) is 0 Å². The molecule has 2 aromatic heterocycles. The molecule has 4 nitrogen and oxygen atoms in total. The first-order valence-electron chi connectivity index (χ1n) is 10.3. The summed E-state index contributed by atoms with van der Waals surface area (Å²) >= 11 is 3.13. The Morgan fingerprint density at radius 2 is 1.58 bits per heavy atom. The van der Waals surface area contributed by atoms with Crippen LogP contribution in [0, 0.1) is 5.82 Å². The Hall–Kier alpha value is -2.51. The van der Waals surface area contributed by atoms with Crippen molar-refractivity contribution >= 4 is 34.5 Å². The van der Waals surface area contributed by atoms with Crippen LogP contribution < -0.4 is 0 Å². The maximum Gasteiger partial charge on any atom is 0.242 e. The van der Waals surface area contributed by atoms with Crippen LogP contribution >= 0.6 is 22.7 Å². The van der Waals surface area contributed by atoms with Crippen LogP contribution in [0.4, 0.5) is 4.39 Å². The second-order valence-electron chi connectivity index (χ2n) is 7.49. The smallest absolute Gasteiger partial charge is 0.242 e. The normalized spacial score (nSPS) is 11.8. The van der Waals surface area contributed by atoms with Crippen molar-refractivity contribution in [3.63, 3.8) is 0 Å². The van der Waals surface area contributed by atoms with E-state index in [4.69, 9.17) is 0 Å². The van der Waals surface area contributed by atoms with Gasteiger partial charge in [0.1, 0.15) is 12.4 Å². The standard InChI is InChI=1S/C24H27FN2O2S2/c1-3-18(2)27(23(28)14-21-6-4-12-30-21)17-24(29)26(16-22-7-5-13-31-22)15-19-8-10-20(25)11-9-19/h4-13,18H,3,14-17H2,1-2H3. The van der Waals surface area contributed by atoms with Gasteiger partial charge in [-0.25, -0.2) is 4.39 Å². The summed E-state index contributed by atoms with van der Waals surface area (Å²) in [4.78, 5) is 31.8. The van der Waals surface area contributed by atoms with Crippen molar-refractivity contribution in [1.82, 2.24) is 9.80 Å². The molecule has 1 unspecified atom stereocenters. The summed E-state index contributed by atoms with van der Waals surface area (Å²) in [5.74, 6) is -0.456. The Morgan fingerprint density at radius 1 is 0.935 bits per heavy atom. The van der Waals surface area contributed by atoms with Crippen molar-refractivity contribution in [2.75, 3.05) is 6.54 Å². The number of rotatable bonds is 10. The average Bonchev–Trinajstić information content (AvgIpc) is 3.46. The van der Waals surface area contributed by atoms with Gasteiger partial charge in [-0.3, -0.25) is 9.59 Å². The molecule has 0 aliphatic carbocycles. The number of hydrogen-bond donors (Lipinski definition) is 0. The van der Waals surface area contributed by atoms with E-state index in [2.05, 4.69) is 0 Å². The lowest BCUT2D eigenvalue weighted by atomic mass is 10.1. The number of nitrogens with zero attached hydrogens (tertiary/aromatic N) is 2. The van der Waals surface area contributed by atoms with Gasteiger partial charge >= 0.3 is 0 Å². The largest absolute Gasteiger partial charge is 0.332 e. The fourth-order valence-electron chi connectivity index (χ4n) is 3.25. The molecule has 0 bridgehead atoms. The molecule has 7 heteroatoms. The molecular weight excluding hydrogens is 431 g/mol. The number of halogens is 1. The third-order valence-corrected chi connectivity index (χ3v) is 6.96. The Kier molecular flexibility index (Phi) is 8.37. The van der Waals surface area contributed by atoms with Gasteiger partial charge < -0.3 is 9.80 Å². The van der Waals surface area contributed by atoms with Crippen molar-refractivity contribution in [3.8, 4) is 0 Å². The van der Waals surface area contributed by atoms with E-state index in [1.165, 1.54) is 12.1 Å². The molecule has 0 spiro atoms. The van der Waals surface area contributed by atoms with Gasteiger partial charge in [0.2, 0.25) is 11.8 Å². The average molecular weight is 459 g/mol. The van der Waals surface area contributed by atoms with Crippen molar-refractivity contribution in [1.29, 1.82) is 0 Å². The lowest BCUT2D eigenvalue weighted by molar-refractivity contribution is -0.142. The number of carbonyl (C=O) groups excluding carboxylic acids is 2. The summed E-state index contributed by atoms with van der Waals surface area (Å²) in [6, 6.07) is 14.0. The second-order valence-corrected chi connectivity index (χ2v) is 9.56. The molecule has 0 fully saturated rings. The van der Waals surface area contributed by atoms with Crippen molar-refractivity contribution in [2.45, 2.75) is 45.8 Å². The molecule has 2 amide bonds. The van der Waals surface area contributed by atoms with Gasteiger partial charge in [0, 0.05) is 22.3 Å². The lowest BCUT2D eigenvalue weighted by Crippen LogP contribution is -2.46. The Labute approximate surface area is 190 Å². The molecule has 0 saturated carbocycles. The zero-order valence-electron chi connectivity index (χ0n) is 17.8. The minimum atomic E-state index is -0.304. The predicted octanol–water partition coefficient (Wildman–Crippen LogP) is 5.35. The molecule has 3 rings (SSSR count). The molecule has 1 aromatic carbocycles. The minimum absolute atomic E-state index is 0.0335. The van der Waals surface area contributed by atoms with E-state index in [9.17, 15) is 14.0 Å². The first kappa shape index (κ1) is 23.2. The summed E-state index contributed by atoms with van der Waals surface area (Å²) < 4.78 is 13.3. The summed E-state index contributed by atoms with van der Waals surface area (Å²) in [5.41, 5.74) is 0.853. The predicted molar refractivity (Wildman–Crippen MR) is 124 cm³/mol. The fraction of sp³-hybridized carbons (Fsp3) is 0.333. The van der Waals surface area contributed by atoms with E-state index in [-0.39, 0.29) is 30.2 Å². The van der Waals surface area contributed by atoms with Gasteiger partial charge in [0.25, 0.3) is 0 Å². The van der Waals surface area contributed by atoms with E-state index in [1.807, 2.05) is 48.9 Å². The SMILES string of the molecule is CCC(C)N(CC(=O)N(Cc1ccc(F)cc1)Cc1cccs1)C(=O)Cc1cccs1. The highest BCUT2D eigenvalue weighted by Gasteiger charge is 2.25. The molecule has 0 aliphatic rings. The molecule has 1 atom stereocenters. The van der Waals surface area contributed by atoms with E-state index in [0.29, 0.717) is 19.5 Å². The summed E-state index contributed by atoms with van der Waals surface area (Å²) in [7, 11) is 0. The second kappa shape index (κ2) is 11.2. The van der Waals surface area contributed by atoms with Gasteiger partial charge in [0.15, 0.2) is 0 Å². The summed E-state index contributed by atoms with van der Waals surface area (Å²) in [5, 5.41) is 3.93. The Bertz CT molecular complexity index is 956. The number of benzene rings is 1. The number of hydrogen-bond acceptors (Lipinski definition) is 4. The molecule has 0 N–H and O–H groups in total. The van der Waals surface area contributed by atoms with E-state index in [1.54, 1.807) is 44.6 Å². The van der Waals surface area contributed by atoms with E-state index >= 15 is 0 Å². The zero-order valence-corrected chi connectivity index (χ0v) is 19.4. The van der Waals surface area contributed by atoms with E-state index < -0.39 is 0 Å². The van der Waals surface area contributed by atoms with Crippen molar-refractivity contribution in [3.05, 3.63) is 80.4 Å². The van der Waals surface area contributed by atoms with Gasteiger partial charge in [-0.05, 0) is 53.9 Å². The lowest BCUT2D eigenvalue weighted by Gasteiger charge is -2.31. The van der Waals surface area contributed by atoms with Gasteiger partial charge in [-0.15, -0.1) is 22.7 Å². The molecule has 31 heavy (non-hydrogen) atoms. The minimum Gasteiger partial charge on any atom is -0.332 e. The maximum absolute atomic E-state index is 13.3. The van der Waals surface area contributed by atoms with E-state index in [0.717, 1.165) is 21.7 Å². The van der Waals surface area contributed by atoms with Gasteiger partial charge in [-0.2, -0.15) is 0 Å². The van der Waals surface area contributed by atoms with Crippen LogP contribution in [-0.2, 0) is 29.1 Å². The monoisotopic (exact) mass is 458 g/mol. The fourth-order valence-corrected chi connectivity index (χ4v) is 4.67. The molecule has 0 radical (unpaired) electrons. The van der Waals surface area contributed by atoms with Crippen molar-refractivity contribution < 1.29 is 14.0 Å². The third kappa shape index (κ3) is 6.74. The maximum atomic E-state index is 13.3. The van der Waals surface area contributed by atoms with Crippen LogP contribution in [0.15, 0.2) is 59.3 Å². The summed E-state index contributed by atoms with van der Waals surface area (Å²) in [6.07, 6.45) is 1.07. The molecule has 0 aliphatic heterocycles. The topological polar surface area (TPSA) is 40.6 Å². The molecule has 2 heterocycles. The van der Waals surface area contributed by atoms with Gasteiger partial charge in [0.05, 0.1) is 13.0 Å². The molecule has 0 saturated heterocycles. The Balaban J connectivity index is 1.76. The molecule has 3 aromatic rings. The first-order valence-corrected chi connectivity index (χ1v) is 12.1. The van der Waals surface area contributed by atoms with Crippen molar-refractivity contribution in [2.24, 2.45) is 0 Å². The highest BCUT2D eigenvalue weighted by Crippen LogP contribution is 2.18. The third-order valence-electron chi connectivity index (χ3n) is 5.22. The Morgan fingerprint density at radius 3 is 2.16 bits per heavy atom. The zero-order chi connectivity index (χ0) is 22.2. The highest BCUT2D eigenvalue weighted by atomic mass is 32.1. The highest BCUT2D eigenvalue weighted by molar-refractivity contribution is 7.10. The number of thiophene rings is 2.